The number of rotatable bonds is 8. The van der Waals surface area contributed by atoms with Crippen molar-refractivity contribution >= 4 is 17.7 Å². The first-order valence-electron chi connectivity index (χ1n) is 9.61. The Labute approximate surface area is 165 Å². The van der Waals surface area contributed by atoms with Crippen molar-refractivity contribution in [3.63, 3.8) is 0 Å². The van der Waals surface area contributed by atoms with Gasteiger partial charge in [-0.25, -0.2) is 0 Å². The summed E-state index contributed by atoms with van der Waals surface area (Å²) in [7, 11) is 0. The van der Waals surface area contributed by atoms with Gasteiger partial charge in [0.15, 0.2) is 11.0 Å². The molecular weight excluding hydrogens is 360 g/mol. The fourth-order valence-electron chi connectivity index (χ4n) is 3.32. The largest absolute Gasteiger partial charge is 0.485 e. The molecule has 0 bridgehead atoms. The Morgan fingerprint density at radius 3 is 2.81 bits per heavy atom. The Bertz CT molecular complexity index is 784. The van der Waals surface area contributed by atoms with E-state index in [4.69, 9.17) is 4.74 Å². The summed E-state index contributed by atoms with van der Waals surface area (Å²) in [6.07, 6.45) is 4.63. The zero-order chi connectivity index (χ0) is 19.2. The van der Waals surface area contributed by atoms with Crippen LogP contribution in [0.25, 0.3) is 0 Å². The number of benzene rings is 1. The number of nitrogens with one attached hydrogen (secondary N) is 1. The van der Waals surface area contributed by atoms with Crippen molar-refractivity contribution in [2.75, 3.05) is 5.75 Å². The minimum Gasteiger partial charge on any atom is -0.485 e. The van der Waals surface area contributed by atoms with Crippen LogP contribution in [0.5, 0.6) is 5.75 Å². The van der Waals surface area contributed by atoms with Crippen LogP contribution in [0, 0.1) is 13.8 Å². The molecule has 1 aliphatic carbocycles. The third-order valence-electron chi connectivity index (χ3n) is 4.86. The smallest absolute Gasteiger partial charge is 0.230 e. The van der Waals surface area contributed by atoms with Gasteiger partial charge in [-0.05, 0) is 50.8 Å². The van der Waals surface area contributed by atoms with Crippen LogP contribution in [0.1, 0.15) is 49.6 Å². The maximum atomic E-state index is 12.1. The van der Waals surface area contributed by atoms with E-state index in [0.29, 0.717) is 18.4 Å². The lowest BCUT2D eigenvalue weighted by molar-refractivity contribution is -0.119. The zero-order valence-corrected chi connectivity index (χ0v) is 17.1. The van der Waals surface area contributed by atoms with Crippen LogP contribution in [0.3, 0.4) is 0 Å². The van der Waals surface area contributed by atoms with Gasteiger partial charge in [0.2, 0.25) is 5.91 Å². The highest BCUT2D eigenvalue weighted by atomic mass is 32.2. The van der Waals surface area contributed by atoms with E-state index < -0.39 is 0 Å². The van der Waals surface area contributed by atoms with Crippen LogP contribution in [0.4, 0.5) is 0 Å². The van der Waals surface area contributed by atoms with Crippen LogP contribution >= 0.6 is 11.8 Å². The molecule has 1 aromatic heterocycles. The van der Waals surface area contributed by atoms with Gasteiger partial charge < -0.3 is 14.6 Å². The maximum absolute atomic E-state index is 12.1. The molecule has 0 aliphatic heterocycles. The molecule has 1 aromatic carbocycles. The van der Waals surface area contributed by atoms with E-state index in [1.807, 2.05) is 31.4 Å². The van der Waals surface area contributed by atoms with Gasteiger partial charge in [-0.2, -0.15) is 0 Å². The number of ether oxygens (including phenoxy) is 1. The normalized spacial score (nSPS) is 14.5. The van der Waals surface area contributed by atoms with E-state index in [1.165, 1.54) is 24.6 Å². The number of aryl methyl sites for hydroxylation is 2. The number of nitrogens with zero attached hydrogens (tertiary/aromatic N) is 3. The van der Waals surface area contributed by atoms with E-state index in [-0.39, 0.29) is 5.91 Å². The molecule has 6 nitrogen and oxygen atoms in total. The van der Waals surface area contributed by atoms with Gasteiger partial charge in [0.1, 0.15) is 12.4 Å². The Morgan fingerprint density at radius 1 is 1.30 bits per heavy atom. The number of amides is 1. The second-order valence-corrected chi connectivity index (χ2v) is 7.98. The van der Waals surface area contributed by atoms with Crippen LogP contribution in [-0.2, 0) is 17.9 Å². The fraction of sp³-hybridized carbons (Fsp3) is 0.550. The highest BCUT2D eigenvalue weighted by Gasteiger charge is 2.18. The van der Waals surface area contributed by atoms with Crippen molar-refractivity contribution in [2.45, 2.75) is 70.8 Å². The third-order valence-corrected chi connectivity index (χ3v) is 5.83. The standard InChI is InChI=1S/C20H28N4O2S/c1-4-24-18(12-26-17-11-14(2)9-10-15(17)3)22-23-20(24)27-13-19(25)21-16-7-5-6-8-16/h9-11,16H,4-8,12-13H2,1-3H3,(H,21,25). The molecule has 7 heteroatoms. The van der Waals surface area contributed by atoms with Crippen molar-refractivity contribution in [1.82, 2.24) is 20.1 Å². The molecule has 0 radical (unpaired) electrons. The quantitative estimate of drug-likeness (QED) is 0.699. The van der Waals surface area contributed by atoms with Crippen molar-refractivity contribution in [1.29, 1.82) is 0 Å². The molecule has 1 fully saturated rings. The summed E-state index contributed by atoms with van der Waals surface area (Å²) >= 11 is 1.43. The predicted molar refractivity (Wildman–Crippen MR) is 107 cm³/mol. The van der Waals surface area contributed by atoms with Crippen molar-refractivity contribution in [3.05, 3.63) is 35.2 Å². The molecule has 27 heavy (non-hydrogen) atoms. The molecule has 1 heterocycles. The predicted octanol–water partition coefficient (Wildman–Crippen LogP) is 3.64. The van der Waals surface area contributed by atoms with Gasteiger partial charge in [0.25, 0.3) is 0 Å². The monoisotopic (exact) mass is 388 g/mol. The molecule has 1 N–H and O–H groups in total. The molecule has 1 aliphatic rings. The van der Waals surface area contributed by atoms with Crippen molar-refractivity contribution < 1.29 is 9.53 Å². The molecule has 0 spiro atoms. The zero-order valence-electron chi connectivity index (χ0n) is 16.3. The first-order valence-corrected chi connectivity index (χ1v) is 10.6. The maximum Gasteiger partial charge on any atom is 0.230 e. The SMILES string of the molecule is CCn1c(COc2cc(C)ccc2C)nnc1SCC(=O)NC1CCCC1. The second kappa shape index (κ2) is 9.26. The van der Waals surface area contributed by atoms with E-state index in [9.17, 15) is 4.79 Å². The number of carbonyl (C=O) groups is 1. The average Bonchev–Trinajstić information content (AvgIpc) is 3.30. The van der Waals surface area contributed by atoms with Gasteiger partial charge >= 0.3 is 0 Å². The van der Waals surface area contributed by atoms with Crippen LogP contribution in [0.15, 0.2) is 23.4 Å². The summed E-state index contributed by atoms with van der Waals surface area (Å²) in [5.74, 6) is 2.08. The topological polar surface area (TPSA) is 69.0 Å². The first-order chi connectivity index (χ1) is 13.1. The number of carbonyl (C=O) groups excluding carboxylic acids is 1. The number of aromatic nitrogens is 3. The van der Waals surface area contributed by atoms with Gasteiger partial charge in [0.05, 0.1) is 5.75 Å². The lowest BCUT2D eigenvalue weighted by atomic mass is 10.1. The van der Waals surface area contributed by atoms with Crippen LogP contribution < -0.4 is 10.1 Å². The molecule has 1 saturated carbocycles. The molecule has 0 unspecified atom stereocenters. The molecule has 0 saturated heterocycles. The number of hydrogen-bond donors (Lipinski definition) is 1. The van der Waals surface area contributed by atoms with E-state index in [1.54, 1.807) is 0 Å². The summed E-state index contributed by atoms with van der Waals surface area (Å²) in [5, 5.41) is 12.4. The molecule has 146 valence electrons. The first kappa shape index (κ1) is 19.7. The van der Waals surface area contributed by atoms with Gasteiger partial charge in [-0.15, -0.1) is 10.2 Å². The van der Waals surface area contributed by atoms with Gasteiger partial charge in [-0.1, -0.05) is 36.7 Å². The highest BCUT2D eigenvalue weighted by molar-refractivity contribution is 7.99. The fourth-order valence-corrected chi connectivity index (χ4v) is 4.16. The number of thioether (sulfide) groups is 1. The molecular formula is C20H28N4O2S. The Kier molecular flexibility index (Phi) is 6.77. The lowest BCUT2D eigenvalue weighted by Crippen LogP contribution is -2.33. The van der Waals surface area contributed by atoms with Gasteiger partial charge in [-0.3, -0.25) is 4.79 Å². The molecule has 0 atom stereocenters. The van der Waals surface area contributed by atoms with E-state index >= 15 is 0 Å². The lowest BCUT2D eigenvalue weighted by Gasteiger charge is -2.12. The third kappa shape index (κ3) is 5.25. The Balaban J connectivity index is 1.57. The number of hydrogen-bond acceptors (Lipinski definition) is 5. The van der Waals surface area contributed by atoms with Gasteiger partial charge in [0, 0.05) is 12.6 Å². The van der Waals surface area contributed by atoms with E-state index in [0.717, 1.165) is 47.2 Å². The molecule has 3 rings (SSSR count). The highest BCUT2D eigenvalue weighted by Crippen LogP contribution is 2.22. The summed E-state index contributed by atoms with van der Waals surface area (Å²) < 4.78 is 7.97. The summed E-state index contributed by atoms with van der Waals surface area (Å²) in [5.41, 5.74) is 2.26. The average molecular weight is 389 g/mol. The molecule has 1 amide bonds. The molecule has 2 aromatic rings. The second-order valence-electron chi connectivity index (χ2n) is 7.04. The van der Waals surface area contributed by atoms with E-state index in [2.05, 4.69) is 27.6 Å². The van der Waals surface area contributed by atoms with Crippen LogP contribution in [-0.4, -0.2) is 32.5 Å². The summed E-state index contributed by atoms with van der Waals surface area (Å²) in [6.45, 7) is 7.23. The van der Waals surface area contributed by atoms with Crippen molar-refractivity contribution in [3.8, 4) is 5.75 Å². The minimum atomic E-state index is 0.0748. The summed E-state index contributed by atoms with van der Waals surface area (Å²) in [6, 6.07) is 6.51. The Morgan fingerprint density at radius 2 is 2.07 bits per heavy atom. The van der Waals surface area contributed by atoms with Crippen molar-refractivity contribution in [2.24, 2.45) is 0 Å². The summed E-state index contributed by atoms with van der Waals surface area (Å²) in [4.78, 5) is 12.1. The minimum absolute atomic E-state index is 0.0748. The van der Waals surface area contributed by atoms with Crippen LogP contribution in [0.2, 0.25) is 0 Å². The Hall–Kier alpha value is -2.02.